The van der Waals surface area contributed by atoms with Gasteiger partial charge in [-0.1, -0.05) is 12.8 Å². The maximum Gasteiger partial charge on any atom is 0.326 e. The van der Waals surface area contributed by atoms with Crippen molar-refractivity contribution >= 4 is 11.9 Å². The number of carboxylic acid groups (broad SMARTS) is 1. The van der Waals surface area contributed by atoms with E-state index in [2.05, 4.69) is 15.1 Å². The summed E-state index contributed by atoms with van der Waals surface area (Å²) in [5.41, 5.74) is 0.404. The van der Waals surface area contributed by atoms with E-state index in [0.29, 0.717) is 23.7 Å². The Morgan fingerprint density at radius 3 is 2.72 bits per heavy atom. The molecule has 1 saturated carbocycles. The summed E-state index contributed by atoms with van der Waals surface area (Å²) in [6.07, 6.45) is 9.00. The highest BCUT2D eigenvalue weighted by molar-refractivity contribution is 5.97. The number of carbonyl (C=O) groups excluding carboxylic acids is 1. The standard InChI is InChI=1S/C17H19N5O3/c23-16(12-5-6-15(19-8-12)21-10-18-9-20-21)22-13-4-2-1-3-11(13)7-14(22)17(24)25/h5-6,8-11,13-14H,1-4,7H2,(H,24,25)/t11-,13+,14-/m0/s1. The number of hydrogen-bond acceptors (Lipinski definition) is 5. The summed E-state index contributed by atoms with van der Waals surface area (Å²) >= 11 is 0. The smallest absolute Gasteiger partial charge is 0.326 e. The molecule has 0 spiro atoms. The van der Waals surface area contributed by atoms with Gasteiger partial charge in [0, 0.05) is 12.2 Å². The molecule has 1 aliphatic heterocycles. The van der Waals surface area contributed by atoms with Crippen LogP contribution in [0.15, 0.2) is 31.0 Å². The van der Waals surface area contributed by atoms with Crippen molar-refractivity contribution in [2.45, 2.75) is 44.2 Å². The molecule has 25 heavy (non-hydrogen) atoms. The van der Waals surface area contributed by atoms with E-state index < -0.39 is 12.0 Å². The molecule has 2 fully saturated rings. The van der Waals surface area contributed by atoms with Gasteiger partial charge in [-0.05, 0) is 37.3 Å². The van der Waals surface area contributed by atoms with E-state index >= 15 is 0 Å². The molecule has 0 aromatic carbocycles. The molecule has 2 aliphatic rings. The van der Waals surface area contributed by atoms with Gasteiger partial charge >= 0.3 is 5.97 Å². The van der Waals surface area contributed by atoms with Crippen molar-refractivity contribution in [3.63, 3.8) is 0 Å². The SMILES string of the molecule is O=C(O)[C@@H]1C[C@@H]2CCCC[C@H]2N1C(=O)c1ccc(-n2cncn2)nc1. The minimum atomic E-state index is -0.921. The Balaban J connectivity index is 1.61. The second kappa shape index (κ2) is 6.27. The van der Waals surface area contributed by atoms with Crippen molar-refractivity contribution in [2.24, 2.45) is 5.92 Å². The Labute approximate surface area is 144 Å². The zero-order valence-corrected chi connectivity index (χ0v) is 13.7. The number of carboxylic acids is 1. The van der Waals surface area contributed by atoms with Gasteiger partial charge in [0.2, 0.25) is 0 Å². The zero-order valence-electron chi connectivity index (χ0n) is 13.7. The fraction of sp³-hybridized carbons (Fsp3) is 0.471. The monoisotopic (exact) mass is 341 g/mol. The van der Waals surface area contributed by atoms with E-state index in [1.165, 1.54) is 23.5 Å². The van der Waals surface area contributed by atoms with E-state index in [9.17, 15) is 14.7 Å². The number of hydrogen-bond donors (Lipinski definition) is 1. The highest BCUT2D eigenvalue weighted by Crippen LogP contribution is 2.40. The van der Waals surface area contributed by atoms with Crippen molar-refractivity contribution in [2.75, 3.05) is 0 Å². The quantitative estimate of drug-likeness (QED) is 0.908. The third-order valence-corrected chi connectivity index (χ3v) is 5.26. The Morgan fingerprint density at radius 2 is 2.04 bits per heavy atom. The summed E-state index contributed by atoms with van der Waals surface area (Å²) in [4.78, 5) is 34.4. The van der Waals surface area contributed by atoms with Crippen molar-refractivity contribution in [3.05, 3.63) is 36.5 Å². The van der Waals surface area contributed by atoms with E-state index in [1.54, 1.807) is 17.0 Å². The van der Waals surface area contributed by atoms with Crippen LogP contribution in [0.3, 0.4) is 0 Å². The maximum absolute atomic E-state index is 13.0. The number of fused-ring (bicyclic) bond motifs is 1. The highest BCUT2D eigenvalue weighted by atomic mass is 16.4. The van der Waals surface area contributed by atoms with Crippen molar-refractivity contribution in [1.82, 2.24) is 24.6 Å². The number of rotatable bonds is 3. The van der Waals surface area contributed by atoms with Gasteiger partial charge in [0.05, 0.1) is 5.56 Å². The number of likely N-dealkylation sites (tertiary alicyclic amines) is 1. The number of aromatic nitrogens is 4. The average Bonchev–Trinajstić information content (AvgIpc) is 3.29. The van der Waals surface area contributed by atoms with Crippen molar-refractivity contribution < 1.29 is 14.7 Å². The van der Waals surface area contributed by atoms with Crippen LogP contribution in [0.2, 0.25) is 0 Å². The summed E-state index contributed by atoms with van der Waals surface area (Å²) in [6, 6.07) is 2.64. The molecule has 1 amide bonds. The van der Waals surface area contributed by atoms with Crippen LogP contribution >= 0.6 is 0 Å². The second-order valence-electron chi connectivity index (χ2n) is 6.66. The van der Waals surface area contributed by atoms with E-state index in [4.69, 9.17) is 0 Å². The van der Waals surface area contributed by atoms with Gasteiger partial charge in [-0.15, -0.1) is 0 Å². The van der Waals surface area contributed by atoms with E-state index in [-0.39, 0.29) is 11.9 Å². The van der Waals surface area contributed by atoms with E-state index in [1.807, 2.05) is 0 Å². The molecular weight excluding hydrogens is 322 g/mol. The van der Waals surface area contributed by atoms with Gasteiger partial charge in [-0.25, -0.2) is 19.4 Å². The first-order chi connectivity index (χ1) is 12.1. The van der Waals surface area contributed by atoms with Gasteiger partial charge in [0.1, 0.15) is 18.7 Å². The van der Waals surface area contributed by atoms with Gasteiger partial charge in [0.15, 0.2) is 5.82 Å². The molecule has 1 saturated heterocycles. The average molecular weight is 341 g/mol. The van der Waals surface area contributed by atoms with Crippen LogP contribution in [0, 0.1) is 5.92 Å². The van der Waals surface area contributed by atoms with Crippen LogP contribution in [-0.4, -0.2) is 53.7 Å². The van der Waals surface area contributed by atoms with Gasteiger partial charge in [0.25, 0.3) is 5.91 Å². The molecular formula is C17H19N5O3. The topological polar surface area (TPSA) is 101 Å². The minimum absolute atomic E-state index is 0.0253. The Kier molecular flexibility index (Phi) is 3.95. The van der Waals surface area contributed by atoms with Crippen LogP contribution in [0.4, 0.5) is 0 Å². The largest absolute Gasteiger partial charge is 0.480 e. The number of pyridine rings is 1. The lowest BCUT2D eigenvalue weighted by atomic mass is 9.84. The lowest BCUT2D eigenvalue weighted by molar-refractivity contribution is -0.141. The Morgan fingerprint density at radius 1 is 1.20 bits per heavy atom. The molecule has 3 heterocycles. The highest BCUT2D eigenvalue weighted by Gasteiger charge is 2.47. The van der Waals surface area contributed by atoms with Crippen molar-refractivity contribution in [3.8, 4) is 5.82 Å². The molecule has 8 heteroatoms. The summed E-state index contributed by atoms with van der Waals surface area (Å²) in [6.45, 7) is 0. The Hall–Kier alpha value is -2.77. The summed E-state index contributed by atoms with van der Waals surface area (Å²) < 4.78 is 1.50. The van der Waals surface area contributed by atoms with Gasteiger partial charge < -0.3 is 10.0 Å². The summed E-state index contributed by atoms with van der Waals surface area (Å²) in [5, 5.41) is 13.6. The van der Waals surface area contributed by atoms with E-state index in [0.717, 1.165) is 25.7 Å². The molecule has 1 N–H and O–H groups in total. The zero-order chi connectivity index (χ0) is 17.4. The summed E-state index contributed by atoms with van der Waals surface area (Å²) in [5.74, 6) is -0.323. The first-order valence-electron chi connectivity index (χ1n) is 8.51. The molecule has 0 unspecified atom stereocenters. The molecule has 2 aromatic heterocycles. The normalized spacial score (nSPS) is 25.6. The second-order valence-corrected chi connectivity index (χ2v) is 6.66. The Bertz CT molecular complexity index is 774. The minimum Gasteiger partial charge on any atom is -0.480 e. The predicted molar refractivity (Wildman–Crippen MR) is 87.1 cm³/mol. The van der Waals surface area contributed by atoms with Crippen molar-refractivity contribution in [1.29, 1.82) is 0 Å². The fourth-order valence-electron chi connectivity index (χ4n) is 4.10. The first-order valence-corrected chi connectivity index (χ1v) is 8.51. The molecule has 1 aliphatic carbocycles. The van der Waals surface area contributed by atoms with Crippen LogP contribution in [-0.2, 0) is 4.79 Å². The third kappa shape index (κ3) is 2.77. The molecule has 130 valence electrons. The molecule has 2 aromatic rings. The maximum atomic E-state index is 13.0. The van der Waals surface area contributed by atoms with Crippen LogP contribution < -0.4 is 0 Å². The van der Waals surface area contributed by atoms with Crippen LogP contribution in [0.1, 0.15) is 42.5 Å². The molecule has 4 rings (SSSR count). The number of nitrogens with zero attached hydrogens (tertiary/aromatic N) is 5. The molecule has 3 atom stereocenters. The fourth-order valence-corrected chi connectivity index (χ4v) is 4.10. The van der Waals surface area contributed by atoms with Gasteiger partial charge in [-0.3, -0.25) is 4.79 Å². The van der Waals surface area contributed by atoms with Crippen LogP contribution in [0.5, 0.6) is 0 Å². The van der Waals surface area contributed by atoms with Gasteiger partial charge in [-0.2, -0.15) is 5.10 Å². The van der Waals surface area contributed by atoms with Crippen LogP contribution in [0.25, 0.3) is 5.82 Å². The number of carbonyl (C=O) groups is 2. The third-order valence-electron chi connectivity index (χ3n) is 5.26. The number of aliphatic carboxylic acids is 1. The number of amides is 1. The molecule has 0 radical (unpaired) electrons. The summed E-state index contributed by atoms with van der Waals surface area (Å²) in [7, 11) is 0. The molecule has 0 bridgehead atoms. The lowest BCUT2D eigenvalue weighted by Crippen LogP contribution is -2.46. The lowest BCUT2D eigenvalue weighted by Gasteiger charge is -2.33. The predicted octanol–water partition coefficient (Wildman–Crippen LogP) is 1.52. The molecule has 8 nitrogen and oxygen atoms in total. The first kappa shape index (κ1) is 15.7.